The van der Waals surface area contributed by atoms with Crippen LogP contribution in [0.25, 0.3) is 0 Å². The molecule has 20 heavy (non-hydrogen) atoms. The van der Waals surface area contributed by atoms with Crippen LogP contribution in [0.2, 0.25) is 0 Å². The van der Waals surface area contributed by atoms with Crippen molar-refractivity contribution in [3.8, 4) is 0 Å². The predicted molar refractivity (Wildman–Crippen MR) is 89.2 cm³/mol. The Labute approximate surface area is 125 Å². The third-order valence-corrected chi connectivity index (χ3v) is 4.04. The van der Waals surface area contributed by atoms with Gasteiger partial charge in [-0.1, -0.05) is 51.1 Å². The van der Waals surface area contributed by atoms with E-state index in [-0.39, 0.29) is 0 Å². The van der Waals surface area contributed by atoms with Gasteiger partial charge in [-0.05, 0) is 57.4 Å². The number of nitrogens with one attached hydrogen (secondary N) is 1. The second-order valence-electron chi connectivity index (χ2n) is 5.45. The van der Waals surface area contributed by atoms with Gasteiger partial charge in [0, 0.05) is 6.04 Å². The van der Waals surface area contributed by atoms with Crippen molar-refractivity contribution < 1.29 is 0 Å². The minimum atomic E-state index is 0.671. The first-order valence-corrected chi connectivity index (χ1v) is 8.29. The van der Waals surface area contributed by atoms with E-state index in [1.54, 1.807) is 0 Å². The van der Waals surface area contributed by atoms with Crippen LogP contribution in [0.4, 0.5) is 0 Å². The van der Waals surface area contributed by atoms with Crippen LogP contribution in [-0.4, -0.2) is 37.1 Å². The number of aryl methyl sites for hydroxylation is 1. The maximum absolute atomic E-state index is 3.65. The molecule has 0 aromatic heterocycles. The molecule has 2 nitrogen and oxygen atoms in total. The second kappa shape index (κ2) is 10.9. The van der Waals surface area contributed by atoms with E-state index in [4.69, 9.17) is 0 Å². The van der Waals surface area contributed by atoms with Gasteiger partial charge in [-0.25, -0.2) is 0 Å². The van der Waals surface area contributed by atoms with Crippen LogP contribution in [0, 0.1) is 0 Å². The molecule has 0 bridgehead atoms. The van der Waals surface area contributed by atoms with Crippen molar-refractivity contribution >= 4 is 0 Å². The van der Waals surface area contributed by atoms with Gasteiger partial charge in [0.1, 0.15) is 0 Å². The Morgan fingerprint density at radius 1 is 1.00 bits per heavy atom. The van der Waals surface area contributed by atoms with Gasteiger partial charge in [-0.2, -0.15) is 0 Å². The van der Waals surface area contributed by atoms with Crippen LogP contribution in [0.5, 0.6) is 0 Å². The molecule has 0 fully saturated rings. The van der Waals surface area contributed by atoms with E-state index >= 15 is 0 Å². The maximum Gasteiger partial charge on any atom is 0.00792 e. The average molecular weight is 276 g/mol. The summed E-state index contributed by atoms with van der Waals surface area (Å²) in [6.07, 6.45) is 5.03. The fraction of sp³-hybridized carbons (Fsp3) is 0.667. The quantitative estimate of drug-likeness (QED) is 0.662. The van der Waals surface area contributed by atoms with Crippen molar-refractivity contribution in [1.29, 1.82) is 0 Å². The lowest BCUT2D eigenvalue weighted by molar-refractivity contribution is 0.277. The smallest absolute Gasteiger partial charge is 0.00792 e. The fourth-order valence-corrected chi connectivity index (χ4v) is 2.71. The molecule has 114 valence electrons. The number of benzene rings is 1. The van der Waals surface area contributed by atoms with E-state index in [1.165, 1.54) is 50.9 Å². The molecule has 0 radical (unpaired) electrons. The Morgan fingerprint density at radius 3 is 2.30 bits per heavy atom. The van der Waals surface area contributed by atoms with Gasteiger partial charge in [-0.3, -0.25) is 0 Å². The SMILES string of the molecule is CCNC(CCCc1ccccc1)CCN(CC)CC. The zero-order valence-corrected chi connectivity index (χ0v) is 13.6. The highest BCUT2D eigenvalue weighted by atomic mass is 15.1. The Balaban J connectivity index is 2.27. The third kappa shape index (κ3) is 7.06. The molecule has 0 spiro atoms. The lowest BCUT2D eigenvalue weighted by Gasteiger charge is -2.23. The normalized spacial score (nSPS) is 12.8. The zero-order chi connectivity index (χ0) is 14.6. The molecule has 1 unspecified atom stereocenters. The Bertz CT molecular complexity index is 319. The van der Waals surface area contributed by atoms with Crippen LogP contribution in [0.15, 0.2) is 30.3 Å². The van der Waals surface area contributed by atoms with Crippen molar-refractivity contribution in [2.45, 2.75) is 52.5 Å². The Kier molecular flexibility index (Phi) is 9.35. The predicted octanol–water partition coefficient (Wildman–Crippen LogP) is 3.72. The Morgan fingerprint density at radius 2 is 1.70 bits per heavy atom. The largest absolute Gasteiger partial charge is 0.314 e. The standard InChI is InChI=1S/C18H32N2/c1-4-19-18(15-16-20(5-2)6-3)14-10-13-17-11-8-7-9-12-17/h7-9,11-12,18-19H,4-6,10,13-16H2,1-3H3. The van der Waals surface area contributed by atoms with Gasteiger partial charge in [0.25, 0.3) is 0 Å². The molecule has 0 heterocycles. The fourth-order valence-electron chi connectivity index (χ4n) is 2.71. The van der Waals surface area contributed by atoms with Gasteiger partial charge in [0.2, 0.25) is 0 Å². The van der Waals surface area contributed by atoms with Crippen LogP contribution in [-0.2, 0) is 6.42 Å². The summed E-state index contributed by atoms with van der Waals surface area (Å²) in [7, 11) is 0. The molecule has 2 heteroatoms. The summed E-state index contributed by atoms with van der Waals surface area (Å²) < 4.78 is 0. The van der Waals surface area contributed by atoms with Crippen molar-refractivity contribution in [3.63, 3.8) is 0 Å². The first-order chi connectivity index (χ1) is 9.80. The second-order valence-corrected chi connectivity index (χ2v) is 5.45. The third-order valence-electron chi connectivity index (χ3n) is 4.04. The number of nitrogens with zero attached hydrogens (tertiary/aromatic N) is 1. The number of hydrogen-bond acceptors (Lipinski definition) is 2. The molecule has 0 saturated carbocycles. The van der Waals surface area contributed by atoms with Gasteiger partial charge >= 0.3 is 0 Å². The highest BCUT2D eigenvalue weighted by molar-refractivity contribution is 5.14. The van der Waals surface area contributed by atoms with Crippen LogP contribution in [0.1, 0.15) is 45.6 Å². The summed E-state index contributed by atoms with van der Waals surface area (Å²) in [6, 6.07) is 11.5. The number of rotatable bonds is 11. The number of hydrogen-bond donors (Lipinski definition) is 1. The summed E-state index contributed by atoms with van der Waals surface area (Å²) in [5, 5.41) is 3.65. The average Bonchev–Trinajstić information content (AvgIpc) is 2.49. The highest BCUT2D eigenvalue weighted by Crippen LogP contribution is 2.09. The van der Waals surface area contributed by atoms with E-state index < -0.39 is 0 Å². The highest BCUT2D eigenvalue weighted by Gasteiger charge is 2.09. The van der Waals surface area contributed by atoms with E-state index in [2.05, 4.69) is 61.3 Å². The van der Waals surface area contributed by atoms with Crippen LogP contribution in [0.3, 0.4) is 0 Å². The molecule has 1 aromatic rings. The summed E-state index contributed by atoms with van der Waals surface area (Å²) in [5.74, 6) is 0. The van der Waals surface area contributed by atoms with Gasteiger partial charge in [0.15, 0.2) is 0 Å². The minimum Gasteiger partial charge on any atom is -0.314 e. The molecular formula is C18H32N2. The van der Waals surface area contributed by atoms with Crippen molar-refractivity contribution in [2.75, 3.05) is 26.2 Å². The first kappa shape index (κ1) is 17.2. The maximum atomic E-state index is 3.65. The Hall–Kier alpha value is -0.860. The lowest BCUT2D eigenvalue weighted by atomic mass is 10.0. The van der Waals surface area contributed by atoms with E-state index in [0.717, 1.165) is 6.54 Å². The van der Waals surface area contributed by atoms with Gasteiger partial charge in [-0.15, -0.1) is 0 Å². The summed E-state index contributed by atoms with van der Waals surface area (Å²) in [5.41, 5.74) is 1.46. The molecule has 0 aliphatic carbocycles. The van der Waals surface area contributed by atoms with Crippen LogP contribution < -0.4 is 5.32 Å². The molecule has 1 atom stereocenters. The van der Waals surface area contributed by atoms with E-state index in [0.29, 0.717) is 6.04 Å². The molecule has 1 rings (SSSR count). The molecular weight excluding hydrogens is 244 g/mol. The molecule has 1 N–H and O–H groups in total. The minimum absolute atomic E-state index is 0.671. The molecule has 1 aromatic carbocycles. The molecule has 0 aliphatic rings. The topological polar surface area (TPSA) is 15.3 Å². The van der Waals surface area contributed by atoms with Crippen molar-refractivity contribution in [3.05, 3.63) is 35.9 Å². The first-order valence-electron chi connectivity index (χ1n) is 8.29. The summed E-state index contributed by atoms with van der Waals surface area (Å²) in [4.78, 5) is 2.52. The van der Waals surface area contributed by atoms with Crippen LogP contribution >= 0.6 is 0 Å². The molecule has 0 aliphatic heterocycles. The lowest BCUT2D eigenvalue weighted by Crippen LogP contribution is -2.34. The monoisotopic (exact) mass is 276 g/mol. The zero-order valence-electron chi connectivity index (χ0n) is 13.6. The van der Waals surface area contributed by atoms with Crippen molar-refractivity contribution in [2.24, 2.45) is 0 Å². The van der Waals surface area contributed by atoms with Gasteiger partial charge < -0.3 is 10.2 Å². The summed E-state index contributed by atoms with van der Waals surface area (Å²) in [6.45, 7) is 11.3. The summed E-state index contributed by atoms with van der Waals surface area (Å²) >= 11 is 0. The van der Waals surface area contributed by atoms with E-state index in [9.17, 15) is 0 Å². The molecule has 0 amide bonds. The van der Waals surface area contributed by atoms with E-state index in [1.807, 2.05) is 0 Å². The molecule has 0 saturated heterocycles. The van der Waals surface area contributed by atoms with Gasteiger partial charge in [0.05, 0.1) is 0 Å². The van der Waals surface area contributed by atoms with Crippen molar-refractivity contribution in [1.82, 2.24) is 10.2 Å².